The topological polar surface area (TPSA) is 3.24 Å². The number of rotatable bonds is 3. The van der Waals surface area contributed by atoms with Gasteiger partial charge in [-0.2, -0.15) is 0 Å². The van der Waals surface area contributed by atoms with E-state index in [0.29, 0.717) is 0 Å². The first-order valence-corrected chi connectivity index (χ1v) is 9.03. The molecule has 0 saturated carbocycles. The maximum absolute atomic E-state index is 3.89. The zero-order valence-electron chi connectivity index (χ0n) is 10.5. The highest BCUT2D eigenvalue weighted by atomic mass is 28.3. The first-order valence-electron chi connectivity index (χ1n) is 6.01. The number of nitrogens with zero attached hydrogens (tertiary/aromatic N) is 1. The van der Waals surface area contributed by atoms with Gasteiger partial charge in [-0.3, -0.25) is 0 Å². The normalized spacial score (nSPS) is 23.8. The van der Waals surface area contributed by atoms with E-state index in [0.717, 1.165) is 12.1 Å². The molecule has 1 nitrogen and oxygen atoms in total. The Morgan fingerprint density at radius 2 is 2.12 bits per heavy atom. The monoisotopic (exact) mass is 231 g/mol. The number of benzene rings is 1. The fourth-order valence-corrected chi connectivity index (χ4v) is 4.64. The average molecular weight is 231 g/mol. The van der Waals surface area contributed by atoms with Crippen molar-refractivity contribution in [2.75, 3.05) is 6.54 Å². The Labute approximate surface area is 99.9 Å². The van der Waals surface area contributed by atoms with E-state index in [1.807, 2.05) is 6.08 Å². The van der Waals surface area contributed by atoms with Crippen LogP contribution in [-0.2, 0) is 6.54 Å². The Bertz CT molecular complexity index is 397. The van der Waals surface area contributed by atoms with Crippen LogP contribution >= 0.6 is 0 Å². The molecule has 1 aliphatic heterocycles. The van der Waals surface area contributed by atoms with Crippen LogP contribution in [0.15, 0.2) is 30.8 Å². The second-order valence-electron chi connectivity index (χ2n) is 5.34. The van der Waals surface area contributed by atoms with Crippen LogP contribution in [0.25, 0.3) is 6.08 Å². The van der Waals surface area contributed by atoms with Crippen LogP contribution in [0.5, 0.6) is 0 Å². The third-order valence-electron chi connectivity index (χ3n) is 4.15. The van der Waals surface area contributed by atoms with Crippen molar-refractivity contribution in [3.8, 4) is 0 Å². The van der Waals surface area contributed by atoms with E-state index in [2.05, 4.69) is 55.4 Å². The van der Waals surface area contributed by atoms with E-state index in [9.17, 15) is 0 Å². The van der Waals surface area contributed by atoms with Gasteiger partial charge in [-0.05, 0) is 23.2 Å². The SMILES string of the molecule is C=Cc1ccccc1CN1CC(C)[Si]1(C)C. The van der Waals surface area contributed by atoms with Crippen molar-refractivity contribution in [1.82, 2.24) is 4.57 Å². The minimum atomic E-state index is -1.10. The molecule has 1 heterocycles. The summed E-state index contributed by atoms with van der Waals surface area (Å²) in [6.07, 6.45) is 1.97. The molecule has 0 aromatic heterocycles. The summed E-state index contributed by atoms with van der Waals surface area (Å²) in [6.45, 7) is 13.6. The molecule has 0 N–H and O–H groups in total. The van der Waals surface area contributed by atoms with Crippen LogP contribution in [0.2, 0.25) is 18.6 Å². The quantitative estimate of drug-likeness (QED) is 0.716. The molecule has 1 aromatic carbocycles. The van der Waals surface area contributed by atoms with Gasteiger partial charge in [0.15, 0.2) is 0 Å². The lowest BCUT2D eigenvalue weighted by atomic mass is 10.1. The van der Waals surface area contributed by atoms with Crippen molar-refractivity contribution in [3.63, 3.8) is 0 Å². The molecular weight excluding hydrogens is 210 g/mol. The molecular formula is C14H21NSi. The maximum atomic E-state index is 3.89. The minimum Gasteiger partial charge on any atom is -0.319 e. The summed E-state index contributed by atoms with van der Waals surface area (Å²) < 4.78 is 2.68. The standard InChI is InChI=1S/C14H21NSi/c1-5-13-8-6-7-9-14(13)11-15-10-12(2)16(15,3)4/h5-9,12H,1,10-11H2,2-4H3. The molecule has 0 aliphatic carbocycles. The number of hydrogen-bond donors (Lipinski definition) is 0. The second-order valence-corrected chi connectivity index (χ2v) is 10.3. The fourth-order valence-electron chi connectivity index (χ4n) is 2.34. The molecule has 0 amide bonds. The predicted molar refractivity (Wildman–Crippen MR) is 73.8 cm³/mol. The molecule has 1 aliphatic rings. The van der Waals surface area contributed by atoms with Crippen molar-refractivity contribution in [2.24, 2.45) is 0 Å². The van der Waals surface area contributed by atoms with Crippen LogP contribution in [0.3, 0.4) is 0 Å². The molecule has 0 spiro atoms. The van der Waals surface area contributed by atoms with Crippen LogP contribution in [-0.4, -0.2) is 19.3 Å². The van der Waals surface area contributed by atoms with Crippen molar-refractivity contribution < 1.29 is 0 Å². The molecule has 2 heteroatoms. The largest absolute Gasteiger partial charge is 0.319 e. The summed E-state index contributed by atoms with van der Waals surface area (Å²) in [4.78, 5) is 0. The fraction of sp³-hybridized carbons (Fsp3) is 0.429. The van der Waals surface area contributed by atoms with Crippen LogP contribution in [0.1, 0.15) is 18.1 Å². The Morgan fingerprint density at radius 3 is 2.69 bits per heavy atom. The summed E-state index contributed by atoms with van der Waals surface area (Å²) in [5, 5.41) is 0. The first kappa shape index (κ1) is 11.6. The highest BCUT2D eigenvalue weighted by Gasteiger charge is 2.45. The highest BCUT2D eigenvalue weighted by molar-refractivity contribution is 6.78. The van der Waals surface area contributed by atoms with Gasteiger partial charge in [-0.1, -0.05) is 56.9 Å². The van der Waals surface area contributed by atoms with E-state index in [1.54, 1.807) is 0 Å². The van der Waals surface area contributed by atoms with Gasteiger partial charge in [0.2, 0.25) is 0 Å². The van der Waals surface area contributed by atoms with Crippen molar-refractivity contribution in [1.29, 1.82) is 0 Å². The van der Waals surface area contributed by atoms with E-state index in [-0.39, 0.29) is 0 Å². The van der Waals surface area contributed by atoms with Gasteiger partial charge in [0.05, 0.1) is 0 Å². The summed E-state index contributed by atoms with van der Waals surface area (Å²) in [6, 6.07) is 8.59. The lowest BCUT2D eigenvalue weighted by molar-refractivity contribution is 0.333. The zero-order valence-corrected chi connectivity index (χ0v) is 11.5. The van der Waals surface area contributed by atoms with Crippen molar-refractivity contribution >= 4 is 14.3 Å². The highest BCUT2D eigenvalue weighted by Crippen LogP contribution is 2.37. The van der Waals surface area contributed by atoms with Crippen LogP contribution < -0.4 is 0 Å². The van der Waals surface area contributed by atoms with Crippen LogP contribution in [0.4, 0.5) is 0 Å². The molecule has 86 valence electrons. The molecule has 0 radical (unpaired) electrons. The lowest BCUT2D eigenvalue weighted by Gasteiger charge is -2.52. The smallest absolute Gasteiger partial charge is 0.126 e. The van der Waals surface area contributed by atoms with Crippen molar-refractivity contribution in [2.45, 2.75) is 32.1 Å². The predicted octanol–water partition coefficient (Wildman–Crippen LogP) is 3.74. The van der Waals surface area contributed by atoms with Gasteiger partial charge in [0, 0.05) is 6.54 Å². The van der Waals surface area contributed by atoms with E-state index >= 15 is 0 Å². The van der Waals surface area contributed by atoms with Gasteiger partial charge in [-0.15, -0.1) is 0 Å². The Balaban J connectivity index is 2.13. The van der Waals surface area contributed by atoms with Crippen LogP contribution in [0, 0.1) is 0 Å². The molecule has 1 aromatic rings. The molecule has 16 heavy (non-hydrogen) atoms. The summed E-state index contributed by atoms with van der Waals surface area (Å²) >= 11 is 0. The second kappa shape index (κ2) is 4.19. The van der Waals surface area contributed by atoms with E-state index in [1.165, 1.54) is 17.7 Å². The lowest BCUT2D eigenvalue weighted by Crippen LogP contribution is -2.63. The average Bonchev–Trinajstić information content (AvgIpc) is 2.29. The van der Waals surface area contributed by atoms with E-state index < -0.39 is 8.24 Å². The van der Waals surface area contributed by atoms with Gasteiger partial charge in [0.25, 0.3) is 0 Å². The molecule has 0 bridgehead atoms. The molecule has 1 saturated heterocycles. The molecule has 2 rings (SSSR count). The zero-order chi connectivity index (χ0) is 11.8. The van der Waals surface area contributed by atoms with Gasteiger partial charge in [-0.25, -0.2) is 0 Å². The third-order valence-corrected chi connectivity index (χ3v) is 8.72. The Hall–Kier alpha value is -0.863. The summed E-state index contributed by atoms with van der Waals surface area (Å²) in [5.74, 6) is 0. The van der Waals surface area contributed by atoms with Crippen molar-refractivity contribution in [3.05, 3.63) is 42.0 Å². The Kier molecular flexibility index (Phi) is 3.04. The minimum absolute atomic E-state index is 0.934. The number of hydrogen-bond acceptors (Lipinski definition) is 1. The first-order chi connectivity index (χ1) is 7.55. The summed E-state index contributed by atoms with van der Waals surface area (Å²) in [5.41, 5.74) is 3.64. The molecule has 1 fully saturated rings. The van der Waals surface area contributed by atoms with Gasteiger partial charge >= 0.3 is 0 Å². The maximum Gasteiger partial charge on any atom is 0.126 e. The molecule has 1 unspecified atom stereocenters. The molecule has 1 atom stereocenters. The third kappa shape index (κ3) is 1.87. The van der Waals surface area contributed by atoms with E-state index in [4.69, 9.17) is 0 Å². The van der Waals surface area contributed by atoms with Gasteiger partial charge in [0.1, 0.15) is 8.24 Å². The van der Waals surface area contributed by atoms with Gasteiger partial charge < -0.3 is 4.57 Å². The summed E-state index contributed by atoms with van der Waals surface area (Å²) in [7, 11) is -1.10. The Morgan fingerprint density at radius 1 is 1.44 bits per heavy atom.